The van der Waals surface area contributed by atoms with Crippen LogP contribution in [0, 0.1) is 11.8 Å². The van der Waals surface area contributed by atoms with Crippen molar-refractivity contribution in [2.24, 2.45) is 17.6 Å². The lowest BCUT2D eigenvalue weighted by molar-refractivity contribution is -0.117. The Morgan fingerprint density at radius 2 is 1.77 bits per heavy atom. The van der Waals surface area contributed by atoms with E-state index in [0.29, 0.717) is 5.92 Å². The SMILES string of the molecule is CC(=O)N1c2ccc(N3CCC(N)CC3)nc2[C@H](Nc2ccccc2)[C@@H](C)[C@@H]1C1CC1. The summed E-state index contributed by atoms with van der Waals surface area (Å²) >= 11 is 0. The number of nitrogens with two attached hydrogens (primary N) is 1. The van der Waals surface area contributed by atoms with E-state index in [-0.39, 0.29) is 30.0 Å². The lowest BCUT2D eigenvalue weighted by atomic mass is 9.82. The van der Waals surface area contributed by atoms with Crippen molar-refractivity contribution in [1.82, 2.24) is 4.98 Å². The molecule has 1 aliphatic carbocycles. The molecule has 2 fully saturated rings. The Hall–Kier alpha value is -2.60. The van der Waals surface area contributed by atoms with Crippen LogP contribution in [0.25, 0.3) is 0 Å². The van der Waals surface area contributed by atoms with Crippen LogP contribution in [0.4, 0.5) is 17.2 Å². The highest BCUT2D eigenvalue weighted by Gasteiger charge is 2.48. The molecular weight excluding hydrogens is 386 g/mol. The molecule has 0 unspecified atom stereocenters. The third-order valence-electron chi connectivity index (χ3n) is 7.21. The van der Waals surface area contributed by atoms with Gasteiger partial charge in [0.25, 0.3) is 0 Å². The molecule has 31 heavy (non-hydrogen) atoms. The van der Waals surface area contributed by atoms with Gasteiger partial charge < -0.3 is 20.9 Å². The van der Waals surface area contributed by atoms with E-state index in [0.717, 1.165) is 48.8 Å². The van der Waals surface area contributed by atoms with Crippen LogP contribution in [0.2, 0.25) is 0 Å². The number of amides is 1. The number of rotatable bonds is 4. The summed E-state index contributed by atoms with van der Waals surface area (Å²) in [5.41, 5.74) is 9.15. The highest BCUT2D eigenvalue weighted by Crippen LogP contribution is 2.49. The monoisotopic (exact) mass is 419 g/mol. The fourth-order valence-electron chi connectivity index (χ4n) is 5.41. The van der Waals surface area contributed by atoms with Gasteiger partial charge in [-0.2, -0.15) is 0 Å². The van der Waals surface area contributed by atoms with Gasteiger partial charge in [0.1, 0.15) is 5.82 Å². The number of anilines is 3. The average molecular weight is 420 g/mol. The molecule has 6 heteroatoms. The second-order valence-electron chi connectivity index (χ2n) is 9.46. The third kappa shape index (κ3) is 3.89. The highest BCUT2D eigenvalue weighted by atomic mass is 16.2. The van der Waals surface area contributed by atoms with Gasteiger partial charge >= 0.3 is 0 Å². The van der Waals surface area contributed by atoms with Gasteiger partial charge in [-0.25, -0.2) is 4.98 Å². The van der Waals surface area contributed by atoms with Crippen LogP contribution in [-0.4, -0.2) is 36.1 Å². The van der Waals surface area contributed by atoms with Gasteiger partial charge in [0.15, 0.2) is 0 Å². The molecule has 2 aromatic rings. The van der Waals surface area contributed by atoms with Crippen molar-refractivity contribution < 1.29 is 4.79 Å². The van der Waals surface area contributed by atoms with E-state index in [1.54, 1.807) is 6.92 Å². The van der Waals surface area contributed by atoms with Crippen LogP contribution in [0.5, 0.6) is 0 Å². The minimum Gasteiger partial charge on any atom is -0.376 e. The molecule has 1 aromatic heterocycles. The van der Waals surface area contributed by atoms with Crippen molar-refractivity contribution in [3.8, 4) is 0 Å². The van der Waals surface area contributed by atoms with Crippen molar-refractivity contribution in [2.75, 3.05) is 28.2 Å². The topological polar surface area (TPSA) is 74.5 Å². The summed E-state index contributed by atoms with van der Waals surface area (Å²) < 4.78 is 0. The molecule has 0 spiro atoms. The van der Waals surface area contributed by atoms with E-state index >= 15 is 0 Å². The van der Waals surface area contributed by atoms with E-state index in [2.05, 4.69) is 53.5 Å². The minimum atomic E-state index is 0.0607. The summed E-state index contributed by atoms with van der Waals surface area (Å²) in [6, 6.07) is 15.1. The van der Waals surface area contributed by atoms with Gasteiger partial charge in [0.2, 0.25) is 5.91 Å². The Kier molecular flexibility index (Phi) is 5.34. The molecule has 3 heterocycles. The summed E-state index contributed by atoms with van der Waals surface area (Å²) in [5, 5.41) is 3.76. The Morgan fingerprint density at radius 1 is 1.06 bits per heavy atom. The van der Waals surface area contributed by atoms with Gasteiger partial charge in [0, 0.05) is 43.7 Å². The molecule has 2 aliphatic heterocycles. The first-order valence-electron chi connectivity index (χ1n) is 11.7. The zero-order chi connectivity index (χ0) is 21.5. The zero-order valence-corrected chi connectivity index (χ0v) is 18.5. The standard InChI is InChI=1S/C25H33N5O/c1-16-23(27-20-6-4-3-5-7-20)24-21(30(17(2)31)25(16)18-8-9-18)10-11-22(28-24)29-14-12-19(26)13-15-29/h3-7,10-11,16,18-19,23,25,27H,8-9,12-15,26H2,1-2H3/t16-,23-,25-/m1/s1. The number of nitrogens with zero attached hydrogens (tertiary/aromatic N) is 3. The number of hydrogen-bond acceptors (Lipinski definition) is 5. The fourth-order valence-corrected chi connectivity index (χ4v) is 5.41. The van der Waals surface area contributed by atoms with E-state index < -0.39 is 0 Å². The average Bonchev–Trinajstić information content (AvgIpc) is 3.61. The maximum absolute atomic E-state index is 12.8. The predicted molar refractivity (Wildman–Crippen MR) is 125 cm³/mol. The summed E-state index contributed by atoms with van der Waals surface area (Å²) in [6.07, 6.45) is 4.38. The number of fused-ring (bicyclic) bond motifs is 1. The van der Waals surface area contributed by atoms with Crippen LogP contribution in [0.3, 0.4) is 0 Å². The van der Waals surface area contributed by atoms with E-state index in [1.165, 1.54) is 12.8 Å². The molecule has 3 aliphatic rings. The summed E-state index contributed by atoms with van der Waals surface area (Å²) in [6.45, 7) is 5.83. The van der Waals surface area contributed by atoms with E-state index in [1.807, 2.05) is 11.0 Å². The number of nitrogens with one attached hydrogen (secondary N) is 1. The second kappa shape index (κ2) is 8.15. The summed E-state index contributed by atoms with van der Waals surface area (Å²) in [4.78, 5) is 22.3. The Bertz CT molecular complexity index is 936. The lowest BCUT2D eigenvalue weighted by Gasteiger charge is -2.45. The Balaban J connectivity index is 1.56. The summed E-state index contributed by atoms with van der Waals surface area (Å²) in [7, 11) is 0. The van der Waals surface area contributed by atoms with Crippen molar-refractivity contribution in [3.63, 3.8) is 0 Å². The molecular formula is C25H33N5O. The van der Waals surface area contributed by atoms with Gasteiger partial charge in [-0.15, -0.1) is 0 Å². The smallest absolute Gasteiger partial charge is 0.224 e. The first kappa shape index (κ1) is 20.3. The Labute approximate surface area is 184 Å². The van der Waals surface area contributed by atoms with E-state index in [4.69, 9.17) is 10.7 Å². The van der Waals surface area contributed by atoms with E-state index in [9.17, 15) is 4.79 Å². The summed E-state index contributed by atoms with van der Waals surface area (Å²) in [5.74, 6) is 1.95. The molecule has 1 saturated heterocycles. The quantitative estimate of drug-likeness (QED) is 0.785. The van der Waals surface area contributed by atoms with Crippen LogP contribution in [0.15, 0.2) is 42.5 Å². The molecule has 6 nitrogen and oxygen atoms in total. The molecule has 1 aromatic carbocycles. The van der Waals surface area contributed by atoms with Crippen LogP contribution in [-0.2, 0) is 4.79 Å². The number of piperidine rings is 1. The number of para-hydroxylation sites is 1. The van der Waals surface area contributed by atoms with Crippen LogP contribution in [0.1, 0.15) is 51.3 Å². The highest BCUT2D eigenvalue weighted by molar-refractivity contribution is 5.94. The maximum Gasteiger partial charge on any atom is 0.224 e. The van der Waals surface area contributed by atoms with Gasteiger partial charge in [-0.1, -0.05) is 25.1 Å². The van der Waals surface area contributed by atoms with Crippen LogP contribution >= 0.6 is 0 Å². The number of aromatic nitrogens is 1. The minimum absolute atomic E-state index is 0.0607. The van der Waals surface area contributed by atoms with Crippen LogP contribution < -0.4 is 20.9 Å². The normalized spacial score (nSPS) is 26.5. The molecule has 5 rings (SSSR count). The largest absolute Gasteiger partial charge is 0.376 e. The molecule has 164 valence electrons. The van der Waals surface area contributed by atoms with Gasteiger partial charge in [0.05, 0.1) is 17.4 Å². The second-order valence-corrected chi connectivity index (χ2v) is 9.46. The first-order chi connectivity index (χ1) is 15.0. The molecule has 1 saturated carbocycles. The van der Waals surface area contributed by atoms with Crippen molar-refractivity contribution in [1.29, 1.82) is 0 Å². The van der Waals surface area contributed by atoms with Crippen molar-refractivity contribution >= 4 is 23.1 Å². The molecule has 3 N–H and O–H groups in total. The zero-order valence-electron chi connectivity index (χ0n) is 18.5. The number of hydrogen-bond donors (Lipinski definition) is 2. The Morgan fingerprint density at radius 3 is 2.42 bits per heavy atom. The van der Waals surface area contributed by atoms with Crippen molar-refractivity contribution in [3.05, 3.63) is 48.2 Å². The first-order valence-corrected chi connectivity index (χ1v) is 11.7. The number of pyridine rings is 1. The molecule has 0 radical (unpaired) electrons. The van der Waals surface area contributed by atoms with Crippen molar-refractivity contribution in [2.45, 2.75) is 57.7 Å². The predicted octanol–water partition coefficient (Wildman–Crippen LogP) is 3.94. The fraction of sp³-hybridized carbons (Fsp3) is 0.520. The third-order valence-corrected chi connectivity index (χ3v) is 7.21. The molecule has 0 bridgehead atoms. The lowest BCUT2D eigenvalue weighted by Crippen LogP contribution is -2.51. The molecule has 3 atom stereocenters. The molecule has 1 amide bonds. The number of carbonyl (C=O) groups is 1. The van der Waals surface area contributed by atoms with Gasteiger partial charge in [-0.3, -0.25) is 4.79 Å². The number of benzene rings is 1. The van der Waals surface area contributed by atoms with Gasteiger partial charge in [-0.05, 0) is 55.9 Å². The maximum atomic E-state index is 12.8. The number of carbonyl (C=O) groups excluding carboxylic acids is 1.